The molecular weight excluding hydrogens is 302 g/mol. The molecule has 7 heteroatoms. The Morgan fingerprint density at radius 3 is 2.50 bits per heavy atom. The van der Waals surface area contributed by atoms with Crippen molar-refractivity contribution in [3.05, 3.63) is 41.4 Å². The van der Waals surface area contributed by atoms with Crippen LogP contribution in [0, 0.1) is 0 Å². The van der Waals surface area contributed by atoms with Crippen LogP contribution >= 0.6 is 11.6 Å². The average molecular weight is 318 g/mol. The minimum Gasteiger partial charge on any atom is -0.481 e. The van der Waals surface area contributed by atoms with Crippen LogP contribution < -0.4 is 4.72 Å². The fourth-order valence-corrected chi connectivity index (χ4v) is 2.53. The Morgan fingerprint density at radius 2 is 1.90 bits per heavy atom. The van der Waals surface area contributed by atoms with E-state index in [-0.39, 0.29) is 17.9 Å². The molecule has 0 heterocycles. The highest BCUT2D eigenvalue weighted by molar-refractivity contribution is 7.89. The molecule has 0 aromatic heterocycles. The van der Waals surface area contributed by atoms with Crippen molar-refractivity contribution < 1.29 is 18.3 Å². The van der Waals surface area contributed by atoms with Gasteiger partial charge in [0.05, 0.1) is 4.90 Å². The molecule has 0 bridgehead atoms. The molecule has 0 aliphatic heterocycles. The van der Waals surface area contributed by atoms with Gasteiger partial charge in [0.15, 0.2) is 0 Å². The zero-order valence-electron chi connectivity index (χ0n) is 10.8. The maximum atomic E-state index is 11.9. The highest BCUT2D eigenvalue weighted by Gasteiger charge is 2.11. The summed E-state index contributed by atoms with van der Waals surface area (Å²) in [5, 5.41) is 8.92. The summed E-state index contributed by atoms with van der Waals surface area (Å²) < 4.78 is 26.1. The number of hydrogen-bond acceptors (Lipinski definition) is 3. The number of halogens is 1. The molecule has 1 aromatic carbocycles. The van der Waals surface area contributed by atoms with E-state index in [1.165, 1.54) is 24.3 Å². The monoisotopic (exact) mass is 317 g/mol. The molecule has 0 saturated heterocycles. The second-order valence-electron chi connectivity index (χ2n) is 4.06. The van der Waals surface area contributed by atoms with Crippen LogP contribution in [0.2, 0.25) is 5.02 Å². The van der Waals surface area contributed by atoms with E-state index in [4.69, 9.17) is 16.7 Å². The lowest BCUT2D eigenvalue weighted by Crippen LogP contribution is -2.23. The highest BCUT2D eigenvalue weighted by atomic mass is 35.5. The van der Waals surface area contributed by atoms with Gasteiger partial charge in [-0.1, -0.05) is 23.8 Å². The summed E-state index contributed by atoms with van der Waals surface area (Å²) in [4.78, 5) is 10.4. The second kappa shape index (κ2) is 8.04. The Balaban J connectivity index is 2.38. The Labute approximate surface area is 123 Å². The van der Waals surface area contributed by atoms with Gasteiger partial charge in [-0.05, 0) is 37.1 Å². The molecule has 0 fully saturated rings. The predicted molar refractivity (Wildman–Crippen MR) is 77.3 cm³/mol. The van der Waals surface area contributed by atoms with Crippen molar-refractivity contribution in [1.29, 1.82) is 0 Å². The average Bonchev–Trinajstić information content (AvgIpc) is 2.37. The summed E-state index contributed by atoms with van der Waals surface area (Å²) in [6, 6.07) is 5.89. The summed E-state index contributed by atoms with van der Waals surface area (Å²) in [5.41, 5.74) is 0. The minimum absolute atomic E-state index is 0.112. The summed E-state index contributed by atoms with van der Waals surface area (Å²) in [6.45, 7) is 0.165. The third-order valence-electron chi connectivity index (χ3n) is 2.44. The lowest BCUT2D eigenvalue weighted by Gasteiger charge is -2.04. The molecule has 0 aliphatic carbocycles. The third-order valence-corrected chi connectivity index (χ3v) is 4.13. The minimum atomic E-state index is -3.54. The van der Waals surface area contributed by atoms with Crippen molar-refractivity contribution in [2.75, 3.05) is 6.54 Å². The van der Waals surface area contributed by atoms with Crippen molar-refractivity contribution in [2.45, 2.75) is 24.2 Å². The normalized spacial score (nSPS) is 11.8. The smallest absolute Gasteiger partial charge is 0.303 e. The largest absolute Gasteiger partial charge is 0.481 e. The topological polar surface area (TPSA) is 83.5 Å². The summed E-state index contributed by atoms with van der Waals surface area (Å²) in [5.74, 6) is -0.832. The van der Waals surface area contributed by atoms with Gasteiger partial charge in [-0.2, -0.15) is 0 Å². The first-order valence-corrected chi connectivity index (χ1v) is 7.90. The molecule has 0 atom stereocenters. The summed E-state index contributed by atoms with van der Waals surface area (Å²) in [7, 11) is -3.54. The summed E-state index contributed by atoms with van der Waals surface area (Å²) >= 11 is 5.69. The molecule has 0 saturated carbocycles. The number of rotatable bonds is 8. The Bertz CT molecular complexity index is 567. The number of nitrogens with one attached hydrogen (secondary N) is 1. The van der Waals surface area contributed by atoms with E-state index in [0.717, 1.165) is 0 Å². The number of allylic oxidation sites excluding steroid dienone is 1. The fourth-order valence-electron chi connectivity index (χ4n) is 1.43. The van der Waals surface area contributed by atoms with Crippen molar-refractivity contribution in [3.8, 4) is 0 Å². The van der Waals surface area contributed by atoms with Crippen molar-refractivity contribution in [2.24, 2.45) is 0 Å². The lowest BCUT2D eigenvalue weighted by molar-refractivity contribution is -0.137. The standard InChI is InChI=1S/C13H16ClNO4S/c14-11-6-8-12(9-7-11)20(18,19)15-10-4-2-1-3-5-13(16)17/h2,4,6-9,15H,1,3,5,10H2,(H,16,17). The second-order valence-corrected chi connectivity index (χ2v) is 6.27. The Morgan fingerprint density at radius 1 is 1.25 bits per heavy atom. The first kappa shape index (κ1) is 16.7. The van der Waals surface area contributed by atoms with Gasteiger partial charge in [-0.3, -0.25) is 4.79 Å². The lowest BCUT2D eigenvalue weighted by atomic mass is 10.2. The molecule has 5 nitrogen and oxygen atoms in total. The number of aliphatic carboxylic acids is 1. The molecule has 1 rings (SSSR count). The fraction of sp³-hybridized carbons (Fsp3) is 0.308. The number of benzene rings is 1. The number of hydrogen-bond donors (Lipinski definition) is 2. The van der Waals surface area contributed by atoms with Crippen LogP contribution in [-0.2, 0) is 14.8 Å². The van der Waals surface area contributed by atoms with Gasteiger partial charge in [-0.25, -0.2) is 13.1 Å². The van der Waals surface area contributed by atoms with Crippen molar-refractivity contribution >= 4 is 27.6 Å². The molecule has 0 spiro atoms. The molecule has 0 radical (unpaired) electrons. The molecule has 20 heavy (non-hydrogen) atoms. The molecule has 110 valence electrons. The van der Waals surface area contributed by atoms with Crippen LogP contribution in [0.3, 0.4) is 0 Å². The quantitative estimate of drug-likeness (QED) is 0.570. The SMILES string of the molecule is O=C(O)CCCC=CCNS(=O)(=O)c1ccc(Cl)cc1. The summed E-state index contributed by atoms with van der Waals surface area (Å²) in [6.07, 6.45) is 4.67. The van der Waals surface area contributed by atoms with E-state index < -0.39 is 16.0 Å². The van der Waals surface area contributed by atoms with Crippen LogP contribution in [0.15, 0.2) is 41.3 Å². The molecule has 0 unspecified atom stereocenters. The van der Waals surface area contributed by atoms with Gasteiger partial charge >= 0.3 is 5.97 Å². The predicted octanol–water partition coefficient (Wildman–Crippen LogP) is 2.43. The van der Waals surface area contributed by atoms with E-state index in [1.807, 2.05) is 0 Å². The Hall–Kier alpha value is -1.37. The van der Waals surface area contributed by atoms with Gasteiger partial charge in [0.2, 0.25) is 10.0 Å². The molecule has 0 amide bonds. The van der Waals surface area contributed by atoms with Crippen LogP contribution in [0.25, 0.3) is 0 Å². The molecule has 1 aromatic rings. The van der Waals surface area contributed by atoms with Gasteiger partial charge in [0, 0.05) is 18.0 Å². The van der Waals surface area contributed by atoms with E-state index in [1.54, 1.807) is 12.2 Å². The Kier molecular flexibility index (Phi) is 6.70. The number of carbonyl (C=O) groups is 1. The van der Waals surface area contributed by atoms with Crippen LogP contribution in [0.4, 0.5) is 0 Å². The van der Waals surface area contributed by atoms with Crippen LogP contribution in [0.1, 0.15) is 19.3 Å². The highest BCUT2D eigenvalue weighted by Crippen LogP contribution is 2.13. The van der Waals surface area contributed by atoms with Crippen LogP contribution in [-0.4, -0.2) is 26.0 Å². The number of carboxylic acid groups (broad SMARTS) is 1. The van der Waals surface area contributed by atoms with Crippen LogP contribution in [0.5, 0.6) is 0 Å². The first-order valence-electron chi connectivity index (χ1n) is 6.04. The van der Waals surface area contributed by atoms with Gasteiger partial charge in [-0.15, -0.1) is 0 Å². The van der Waals surface area contributed by atoms with Gasteiger partial charge < -0.3 is 5.11 Å². The van der Waals surface area contributed by atoms with Crippen molar-refractivity contribution in [3.63, 3.8) is 0 Å². The zero-order valence-corrected chi connectivity index (χ0v) is 12.3. The third kappa shape index (κ3) is 6.18. The number of sulfonamides is 1. The maximum Gasteiger partial charge on any atom is 0.303 e. The molecule has 0 aliphatic rings. The molecule has 2 N–H and O–H groups in total. The number of carboxylic acids is 1. The van der Waals surface area contributed by atoms with Gasteiger partial charge in [0.1, 0.15) is 0 Å². The van der Waals surface area contributed by atoms with E-state index in [9.17, 15) is 13.2 Å². The van der Waals surface area contributed by atoms with E-state index >= 15 is 0 Å². The van der Waals surface area contributed by atoms with Gasteiger partial charge in [0.25, 0.3) is 0 Å². The van der Waals surface area contributed by atoms with E-state index in [0.29, 0.717) is 17.9 Å². The first-order chi connectivity index (χ1) is 9.42. The maximum absolute atomic E-state index is 11.9. The zero-order chi connectivity index (χ0) is 15.0. The van der Waals surface area contributed by atoms with E-state index in [2.05, 4.69) is 4.72 Å². The molecular formula is C13H16ClNO4S. The number of unbranched alkanes of at least 4 members (excludes halogenated alkanes) is 1. The van der Waals surface area contributed by atoms with Crippen molar-refractivity contribution in [1.82, 2.24) is 4.72 Å².